The molecular formula is C16H23N. The Morgan fingerprint density at radius 1 is 1.35 bits per heavy atom. The Morgan fingerprint density at radius 3 is 2.76 bits per heavy atom. The molecule has 17 heavy (non-hydrogen) atoms. The van der Waals surface area contributed by atoms with E-state index in [2.05, 4.69) is 42.6 Å². The molecule has 1 aliphatic rings. The Balaban J connectivity index is 2.15. The van der Waals surface area contributed by atoms with Crippen LogP contribution in [0.4, 0.5) is 0 Å². The zero-order chi connectivity index (χ0) is 12.1. The number of nitrogens with one attached hydrogen (secondary N) is 1. The molecular weight excluding hydrogens is 206 g/mol. The van der Waals surface area contributed by atoms with Gasteiger partial charge in [-0.05, 0) is 62.4 Å². The minimum absolute atomic E-state index is 0.818. The number of rotatable bonds is 5. The second-order valence-electron chi connectivity index (χ2n) is 4.99. The van der Waals surface area contributed by atoms with Crippen LogP contribution in [-0.2, 0) is 0 Å². The van der Waals surface area contributed by atoms with Gasteiger partial charge in [0.1, 0.15) is 0 Å². The molecule has 1 aromatic carbocycles. The average Bonchev–Trinajstić information content (AvgIpc) is 2.28. The van der Waals surface area contributed by atoms with Gasteiger partial charge in [-0.3, -0.25) is 0 Å². The first-order valence-electron chi connectivity index (χ1n) is 6.73. The summed E-state index contributed by atoms with van der Waals surface area (Å²) < 4.78 is 0. The van der Waals surface area contributed by atoms with Crippen molar-refractivity contribution in [2.75, 3.05) is 13.6 Å². The summed E-state index contributed by atoms with van der Waals surface area (Å²) in [6.07, 6.45) is 7.62. The Kier molecular flexibility index (Phi) is 4.38. The van der Waals surface area contributed by atoms with E-state index in [0.717, 1.165) is 18.9 Å². The van der Waals surface area contributed by atoms with Gasteiger partial charge in [0.2, 0.25) is 0 Å². The molecule has 1 heteroatoms. The van der Waals surface area contributed by atoms with E-state index in [1.165, 1.54) is 30.4 Å². The quantitative estimate of drug-likeness (QED) is 0.753. The molecule has 1 fully saturated rings. The number of benzene rings is 1. The van der Waals surface area contributed by atoms with Crippen molar-refractivity contribution in [1.82, 2.24) is 5.32 Å². The third-order valence-electron chi connectivity index (χ3n) is 3.78. The summed E-state index contributed by atoms with van der Waals surface area (Å²) in [5.41, 5.74) is 4.47. The van der Waals surface area contributed by atoms with E-state index in [1.807, 2.05) is 7.05 Å². The van der Waals surface area contributed by atoms with Gasteiger partial charge in [0.15, 0.2) is 0 Å². The lowest BCUT2D eigenvalue weighted by atomic mass is 9.77. The largest absolute Gasteiger partial charge is 0.319 e. The van der Waals surface area contributed by atoms with Crippen molar-refractivity contribution in [3.8, 4) is 0 Å². The zero-order valence-electron chi connectivity index (χ0n) is 11.0. The lowest BCUT2D eigenvalue weighted by Crippen LogP contribution is -2.10. The average molecular weight is 229 g/mol. The van der Waals surface area contributed by atoms with E-state index in [-0.39, 0.29) is 0 Å². The van der Waals surface area contributed by atoms with Gasteiger partial charge in [0.25, 0.3) is 0 Å². The standard InChI is InChI=1S/C16H23N/c1-13(7-6-12-17-2)15-10-3-4-11-16(15)14-8-5-9-14/h3-4,7,10-11,14,17H,5-6,8-9,12H2,1-2H3/b13-7-. The number of hydrogen-bond donors (Lipinski definition) is 1. The van der Waals surface area contributed by atoms with Crippen LogP contribution < -0.4 is 5.32 Å². The summed E-state index contributed by atoms with van der Waals surface area (Å²) >= 11 is 0. The minimum Gasteiger partial charge on any atom is -0.319 e. The van der Waals surface area contributed by atoms with Crippen molar-refractivity contribution in [3.63, 3.8) is 0 Å². The van der Waals surface area contributed by atoms with Crippen LogP contribution in [-0.4, -0.2) is 13.6 Å². The van der Waals surface area contributed by atoms with Gasteiger partial charge in [-0.25, -0.2) is 0 Å². The van der Waals surface area contributed by atoms with Crippen LogP contribution >= 0.6 is 0 Å². The molecule has 1 N–H and O–H groups in total. The zero-order valence-corrected chi connectivity index (χ0v) is 11.0. The first-order valence-corrected chi connectivity index (χ1v) is 6.73. The highest BCUT2D eigenvalue weighted by atomic mass is 14.8. The molecule has 0 amide bonds. The van der Waals surface area contributed by atoms with Crippen LogP contribution in [0, 0.1) is 0 Å². The fraction of sp³-hybridized carbons (Fsp3) is 0.500. The van der Waals surface area contributed by atoms with Crippen molar-refractivity contribution in [3.05, 3.63) is 41.5 Å². The van der Waals surface area contributed by atoms with E-state index in [4.69, 9.17) is 0 Å². The molecule has 1 nitrogen and oxygen atoms in total. The van der Waals surface area contributed by atoms with E-state index < -0.39 is 0 Å². The number of allylic oxidation sites excluding steroid dienone is 1. The highest BCUT2D eigenvalue weighted by Gasteiger charge is 2.21. The molecule has 92 valence electrons. The predicted octanol–water partition coefficient (Wildman–Crippen LogP) is 3.97. The maximum Gasteiger partial charge on any atom is -0.00171 e. The van der Waals surface area contributed by atoms with Gasteiger partial charge in [-0.2, -0.15) is 0 Å². The van der Waals surface area contributed by atoms with E-state index in [9.17, 15) is 0 Å². The first kappa shape index (κ1) is 12.4. The summed E-state index contributed by atoms with van der Waals surface area (Å²) in [5, 5.41) is 3.19. The van der Waals surface area contributed by atoms with Crippen molar-refractivity contribution in [2.45, 2.75) is 38.5 Å². The Hall–Kier alpha value is -1.08. The van der Waals surface area contributed by atoms with Crippen molar-refractivity contribution in [2.24, 2.45) is 0 Å². The first-order chi connectivity index (χ1) is 8.33. The highest BCUT2D eigenvalue weighted by Crippen LogP contribution is 2.39. The molecule has 0 radical (unpaired) electrons. The topological polar surface area (TPSA) is 12.0 Å². The monoisotopic (exact) mass is 229 g/mol. The molecule has 0 atom stereocenters. The fourth-order valence-electron chi connectivity index (χ4n) is 2.47. The van der Waals surface area contributed by atoms with E-state index >= 15 is 0 Å². The second kappa shape index (κ2) is 6.02. The van der Waals surface area contributed by atoms with Crippen LogP contribution in [0.2, 0.25) is 0 Å². The minimum atomic E-state index is 0.818. The van der Waals surface area contributed by atoms with Crippen LogP contribution in [0.5, 0.6) is 0 Å². The maximum absolute atomic E-state index is 3.19. The summed E-state index contributed by atoms with van der Waals surface area (Å²) in [5.74, 6) is 0.818. The van der Waals surface area contributed by atoms with Crippen molar-refractivity contribution >= 4 is 5.57 Å². The van der Waals surface area contributed by atoms with Crippen molar-refractivity contribution in [1.29, 1.82) is 0 Å². The van der Waals surface area contributed by atoms with Gasteiger partial charge in [-0.15, -0.1) is 0 Å². The van der Waals surface area contributed by atoms with Gasteiger partial charge < -0.3 is 5.32 Å². The van der Waals surface area contributed by atoms with Gasteiger partial charge in [0.05, 0.1) is 0 Å². The van der Waals surface area contributed by atoms with Crippen molar-refractivity contribution < 1.29 is 0 Å². The normalized spacial score (nSPS) is 16.9. The lowest BCUT2D eigenvalue weighted by molar-refractivity contribution is 0.419. The van der Waals surface area contributed by atoms with Crippen LogP contribution in [0.1, 0.15) is 49.7 Å². The third kappa shape index (κ3) is 2.98. The molecule has 0 heterocycles. The smallest absolute Gasteiger partial charge is 0.00171 e. The highest BCUT2D eigenvalue weighted by molar-refractivity contribution is 5.67. The maximum atomic E-state index is 3.19. The van der Waals surface area contributed by atoms with Gasteiger partial charge >= 0.3 is 0 Å². The van der Waals surface area contributed by atoms with Crippen LogP contribution in [0.25, 0.3) is 5.57 Å². The third-order valence-corrected chi connectivity index (χ3v) is 3.78. The molecule has 0 aliphatic heterocycles. The SMILES string of the molecule is CNCC/C=C(/C)c1ccccc1C1CCC1. The fourth-order valence-corrected chi connectivity index (χ4v) is 2.47. The second-order valence-corrected chi connectivity index (χ2v) is 4.99. The number of hydrogen-bond acceptors (Lipinski definition) is 1. The molecule has 0 unspecified atom stereocenters. The van der Waals surface area contributed by atoms with Gasteiger partial charge in [-0.1, -0.05) is 36.8 Å². The molecule has 2 rings (SSSR count). The molecule has 1 aromatic rings. The summed E-state index contributed by atoms with van der Waals surface area (Å²) in [6, 6.07) is 8.93. The molecule has 1 aliphatic carbocycles. The molecule has 0 saturated heterocycles. The van der Waals surface area contributed by atoms with Crippen LogP contribution in [0.15, 0.2) is 30.3 Å². The van der Waals surface area contributed by atoms with Crippen LogP contribution in [0.3, 0.4) is 0 Å². The summed E-state index contributed by atoms with van der Waals surface area (Å²) in [6.45, 7) is 3.30. The molecule has 0 aromatic heterocycles. The van der Waals surface area contributed by atoms with E-state index in [0.29, 0.717) is 0 Å². The summed E-state index contributed by atoms with van der Waals surface area (Å²) in [7, 11) is 2.01. The Morgan fingerprint density at radius 2 is 2.12 bits per heavy atom. The molecule has 0 spiro atoms. The lowest BCUT2D eigenvalue weighted by Gasteiger charge is -2.28. The Labute approximate surface area is 105 Å². The van der Waals surface area contributed by atoms with E-state index in [1.54, 1.807) is 5.56 Å². The summed E-state index contributed by atoms with van der Waals surface area (Å²) in [4.78, 5) is 0. The molecule has 0 bridgehead atoms. The predicted molar refractivity (Wildman–Crippen MR) is 75.2 cm³/mol. The molecule has 1 saturated carbocycles. The van der Waals surface area contributed by atoms with Gasteiger partial charge in [0, 0.05) is 0 Å². The Bertz CT molecular complexity index is 388.